The summed E-state index contributed by atoms with van der Waals surface area (Å²) < 4.78 is 3.51. The second-order valence-electron chi connectivity index (χ2n) is 11.0. The normalized spacial score (nSPS) is 22.5. The summed E-state index contributed by atoms with van der Waals surface area (Å²) in [6, 6.07) is 12.1. The number of hydrogen-bond acceptors (Lipinski definition) is 6. The lowest BCUT2D eigenvalue weighted by Crippen LogP contribution is -2.57. The molecule has 1 saturated carbocycles. The predicted octanol–water partition coefficient (Wildman–Crippen LogP) is 3.93. The van der Waals surface area contributed by atoms with Gasteiger partial charge < -0.3 is 9.47 Å². The Morgan fingerprint density at radius 3 is 2.61 bits per heavy atom. The molecule has 1 aliphatic carbocycles. The summed E-state index contributed by atoms with van der Waals surface area (Å²) in [5, 5.41) is 9.32. The van der Waals surface area contributed by atoms with E-state index in [-0.39, 0.29) is 24.2 Å². The maximum Gasteiger partial charge on any atom is 0.350 e. The van der Waals surface area contributed by atoms with Crippen LogP contribution in [0, 0.1) is 11.3 Å². The van der Waals surface area contributed by atoms with Crippen molar-refractivity contribution in [3.8, 4) is 6.07 Å². The van der Waals surface area contributed by atoms with Gasteiger partial charge in [0.1, 0.15) is 17.0 Å². The van der Waals surface area contributed by atoms with E-state index in [0.29, 0.717) is 35.2 Å². The van der Waals surface area contributed by atoms with Crippen LogP contribution in [-0.4, -0.2) is 49.2 Å². The zero-order valence-corrected chi connectivity index (χ0v) is 22.3. The Morgan fingerprint density at radius 2 is 1.94 bits per heavy atom. The molecule has 36 heavy (non-hydrogen) atoms. The van der Waals surface area contributed by atoms with Crippen LogP contribution in [-0.2, 0) is 25.4 Å². The third-order valence-electron chi connectivity index (χ3n) is 8.46. The van der Waals surface area contributed by atoms with Crippen LogP contribution in [0.2, 0.25) is 0 Å². The number of hydrogen-bond donors (Lipinski definition) is 0. The molecule has 0 amide bonds. The number of fused-ring (bicyclic) bond motifs is 1. The van der Waals surface area contributed by atoms with Crippen LogP contribution < -0.4 is 10.6 Å². The summed E-state index contributed by atoms with van der Waals surface area (Å²) in [7, 11) is 1.73. The van der Waals surface area contributed by atoms with Gasteiger partial charge in [0, 0.05) is 44.8 Å². The molecule has 1 aliphatic heterocycles. The van der Waals surface area contributed by atoms with Crippen molar-refractivity contribution in [2.45, 2.75) is 84.0 Å². The fraction of sp³-hybridized carbons (Fsp3) is 0.571. The average molecular weight is 488 g/mol. The molecule has 1 saturated heterocycles. The Hall–Kier alpha value is -3.18. The Bertz CT molecular complexity index is 1390. The number of nitrogens with zero attached hydrogens (tertiary/aromatic N) is 7. The molecule has 0 N–H and O–H groups in total. The van der Waals surface area contributed by atoms with Crippen molar-refractivity contribution in [2.75, 3.05) is 18.0 Å². The van der Waals surface area contributed by atoms with E-state index >= 15 is 0 Å². The molecule has 3 aromatic rings. The molecule has 2 aliphatic rings. The van der Waals surface area contributed by atoms with Gasteiger partial charge in [0.05, 0.1) is 12.5 Å². The maximum atomic E-state index is 12.9. The molecule has 2 fully saturated rings. The smallest absolute Gasteiger partial charge is 0.349 e. The molecule has 190 valence electrons. The average Bonchev–Trinajstić information content (AvgIpc) is 3.52. The molecule has 1 aromatic carbocycles. The van der Waals surface area contributed by atoms with Crippen LogP contribution >= 0.6 is 0 Å². The Morgan fingerprint density at radius 1 is 1.19 bits per heavy atom. The van der Waals surface area contributed by atoms with Crippen molar-refractivity contribution >= 4 is 17.0 Å². The number of anilines is 1. The minimum Gasteiger partial charge on any atom is -0.349 e. The topological polar surface area (TPSA) is 83.0 Å². The standard InChI is InChI=1S/C28H37N7O/c1-7-33-23(11-14-29)30-24-25(31-27(36)32(6)26(24)33)35-17-18(2)34(16-19(35)3)20(4)21-9-8-10-22(15-21)28(5)12-13-28/h8-10,15,18-20H,7,11-13,16-17H2,1-6H3/t18-,19+,20?/m1/s1. The van der Waals surface area contributed by atoms with Crippen LogP contribution in [0.15, 0.2) is 29.1 Å². The fourth-order valence-corrected chi connectivity index (χ4v) is 5.86. The lowest BCUT2D eigenvalue weighted by Gasteiger charge is -2.47. The minimum atomic E-state index is -0.295. The van der Waals surface area contributed by atoms with Gasteiger partial charge >= 0.3 is 5.69 Å². The largest absolute Gasteiger partial charge is 0.350 e. The molecular weight excluding hydrogens is 450 g/mol. The summed E-state index contributed by atoms with van der Waals surface area (Å²) in [6.07, 6.45) is 2.75. The van der Waals surface area contributed by atoms with Gasteiger partial charge in [0.15, 0.2) is 5.82 Å². The van der Waals surface area contributed by atoms with Crippen LogP contribution in [0.3, 0.4) is 0 Å². The molecule has 3 atom stereocenters. The van der Waals surface area contributed by atoms with Crippen LogP contribution in [0.1, 0.15) is 70.5 Å². The van der Waals surface area contributed by atoms with Gasteiger partial charge in [-0.05, 0) is 57.1 Å². The van der Waals surface area contributed by atoms with E-state index in [1.807, 2.05) is 11.5 Å². The summed E-state index contributed by atoms with van der Waals surface area (Å²) in [5.41, 5.74) is 4.32. The van der Waals surface area contributed by atoms with Gasteiger partial charge in [0.2, 0.25) is 0 Å². The molecule has 1 unspecified atom stereocenters. The minimum absolute atomic E-state index is 0.154. The lowest BCUT2D eigenvalue weighted by molar-refractivity contribution is 0.119. The quantitative estimate of drug-likeness (QED) is 0.524. The highest BCUT2D eigenvalue weighted by Crippen LogP contribution is 2.48. The first-order valence-corrected chi connectivity index (χ1v) is 13.1. The third kappa shape index (κ3) is 4.00. The Balaban J connectivity index is 1.47. The lowest BCUT2D eigenvalue weighted by atomic mass is 9.93. The van der Waals surface area contributed by atoms with E-state index in [9.17, 15) is 10.1 Å². The molecule has 3 heterocycles. The number of imidazole rings is 1. The predicted molar refractivity (Wildman–Crippen MR) is 142 cm³/mol. The number of rotatable bonds is 6. The van der Waals surface area contributed by atoms with Gasteiger partial charge in [-0.1, -0.05) is 31.2 Å². The molecule has 5 rings (SSSR count). The van der Waals surface area contributed by atoms with Gasteiger partial charge in [-0.15, -0.1) is 0 Å². The van der Waals surface area contributed by atoms with E-state index in [2.05, 4.69) is 72.8 Å². The zero-order chi connectivity index (χ0) is 25.8. The SMILES string of the molecule is CCn1c(CC#N)nc2c(N3C[C@@H](C)N(C(C)c4cccc(C5(C)CC5)c4)C[C@@H]3C)nc(=O)n(C)c21. The van der Waals surface area contributed by atoms with E-state index in [0.717, 1.165) is 18.7 Å². The zero-order valence-electron chi connectivity index (χ0n) is 22.3. The van der Waals surface area contributed by atoms with Crippen molar-refractivity contribution in [2.24, 2.45) is 7.05 Å². The first-order valence-electron chi connectivity index (χ1n) is 13.1. The number of piperazine rings is 1. The van der Waals surface area contributed by atoms with Crippen molar-refractivity contribution in [1.82, 2.24) is 24.0 Å². The van der Waals surface area contributed by atoms with Gasteiger partial charge in [-0.25, -0.2) is 9.78 Å². The van der Waals surface area contributed by atoms with E-state index in [1.165, 1.54) is 24.0 Å². The summed E-state index contributed by atoms with van der Waals surface area (Å²) in [5.74, 6) is 1.31. The van der Waals surface area contributed by atoms with Gasteiger partial charge in [0.25, 0.3) is 0 Å². The number of aryl methyl sites for hydroxylation is 2. The third-order valence-corrected chi connectivity index (χ3v) is 8.46. The van der Waals surface area contributed by atoms with E-state index in [1.54, 1.807) is 11.6 Å². The molecular formula is C28H37N7O. The number of benzene rings is 1. The fourth-order valence-electron chi connectivity index (χ4n) is 5.86. The van der Waals surface area contributed by atoms with Crippen molar-refractivity contribution in [3.05, 3.63) is 51.7 Å². The van der Waals surface area contributed by atoms with Crippen LogP contribution in [0.5, 0.6) is 0 Å². The van der Waals surface area contributed by atoms with E-state index in [4.69, 9.17) is 4.98 Å². The molecule has 0 radical (unpaired) electrons. The highest BCUT2D eigenvalue weighted by molar-refractivity contribution is 5.84. The Labute approximate surface area is 213 Å². The van der Waals surface area contributed by atoms with Crippen LogP contribution in [0.4, 0.5) is 5.82 Å². The molecule has 8 heteroatoms. The van der Waals surface area contributed by atoms with E-state index < -0.39 is 0 Å². The molecule has 2 aromatic heterocycles. The number of aromatic nitrogens is 4. The Kier molecular flexibility index (Phi) is 6.16. The highest BCUT2D eigenvalue weighted by Gasteiger charge is 2.40. The van der Waals surface area contributed by atoms with Crippen LogP contribution in [0.25, 0.3) is 11.2 Å². The molecule has 8 nitrogen and oxygen atoms in total. The second-order valence-corrected chi connectivity index (χ2v) is 11.0. The van der Waals surface area contributed by atoms with Crippen molar-refractivity contribution < 1.29 is 0 Å². The number of nitriles is 1. The second kappa shape index (κ2) is 9.04. The van der Waals surface area contributed by atoms with Crippen molar-refractivity contribution in [3.63, 3.8) is 0 Å². The summed E-state index contributed by atoms with van der Waals surface area (Å²) in [6.45, 7) is 13.4. The van der Waals surface area contributed by atoms with Gasteiger partial charge in [-0.2, -0.15) is 10.2 Å². The summed E-state index contributed by atoms with van der Waals surface area (Å²) in [4.78, 5) is 27.0. The maximum absolute atomic E-state index is 12.9. The molecule has 0 spiro atoms. The summed E-state index contributed by atoms with van der Waals surface area (Å²) >= 11 is 0. The van der Waals surface area contributed by atoms with Gasteiger partial charge in [-0.3, -0.25) is 9.47 Å². The first kappa shape index (κ1) is 24.5. The van der Waals surface area contributed by atoms with Crippen molar-refractivity contribution in [1.29, 1.82) is 5.26 Å². The first-order chi connectivity index (χ1) is 17.2. The highest BCUT2D eigenvalue weighted by atomic mass is 16.1. The monoisotopic (exact) mass is 487 g/mol. The molecule has 0 bridgehead atoms.